The van der Waals surface area contributed by atoms with Crippen molar-refractivity contribution < 1.29 is 23.9 Å². The summed E-state index contributed by atoms with van der Waals surface area (Å²) in [4.78, 5) is 53.0. The first-order valence-corrected chi connectivity index (χ1v) is 10.4. The fourth-order valence-electron chi connectivity index (χ4n) is 3.88. The first-order chi connectivity index (χ1) is 15.7. The van der Waals surface area contributed by atoms with Crippen LogP contribution in [-0.4, -0.2) is 77.5 Å². The summed E-state index contributed by atoms with van der Waals surface area (Å²) in [5.74, 6) is -0.926. The fraction of sp³-hybridized carbons (Fsp3) is 0.364. The Bertz CT molecular complexity index is 1050. The van der Waals surface area contributed by atoms with Crippen molar-refractivity contribution in [2.45, 2.75) is 18.5 Å². The molecule has 2 heterocycles. The van der Waals surface area contributed by atoms with Crippen molar-refractivity contribution in [3.63, 3.8) is 0 Å². The molecule has 1 aromatic heterocycles. The number of primary amides is 1. The lowest BCUT2D eigenvalue weighted by atomic mass is 10.1. The van der Waals surface area contributed by atoms with Gasteiger partial charge in [-0.05, 0) is 30.7 Å². The second kappa shape index (κ2) is 10.1. The first-order valence-electron chi connectivity index (χ1n) is 10.4. The number of hydrogen-bond acceptors (Lipinski definition) is 5. The van der Waals surface area contributed by atoms with Gasteiger partial charge in [0, 0.05) is 38.6 Å². The average Bonchev–Trinajstić information content (AvgIpc) is 3.38. The van der Waals surface area contributed by atoms with E-state index in [0.717, 1.165) is 4.90 Å². The number of benzene rings is 1. The monoisotopic (exact) mass is 456 g/mol. The first kappa shape index (κ1) is 23.6. The van der Waals surface area contributed by atoms with Crippen molar-refractivity contribution in [3.8, 4) is 5.75 Å². The Morgan fingerprint density at radius 1 is 1.21 bits per heavy atom. The van der Waals surface area contributed by atoms with Gasteiger partial charge in [0.2, 0.25) is 11.8 Å². The Kier molecular flexibility index (Phi) is 7.21. The van der Waals surface area contributed by atoms with Gasteiger partial charge in [0.15, 0.2) is 0 Å². The van der Waals surface area contributed by atoms with E-state index in [1.165, 1.54) is 19.1 Å². The SMILES string of the molecule is COc1cccc(NC(=O)NC2CCN(C(=O)c3cccn3C)C2C(=O)N(C)CC(N)=O)c1. The number of aryl methyl sites for hydroxylation is 1. The van der Waals surface area contributed by atoms with Crippen LogP contribution in [0, 0.1) is 0 Å². The van der Waals surface area contributed by atoms with E-state index in [4.69, 9.17) is 10.5 Å². The number of ether oxygens (including phenoxy) is 1. The Hall–Kier alpha value is -4.02. The molecule has 176 valence electrons. The number of nitrogens with two attached hydrogens (primary N) is 1. The summed E-state index contributed by atoms with van der Waals surface area (Å²) < 4.78 is 6.82. The average molecular weight is 457 g/mol. The van der Waals surface area contributed by atoms with Crippen LogP contribution in [0.2, 0.25) is 0 Å². The van der Waals surface area contributed by atoms with E-state index >= 15 is 0 Å². The molecular weight excluding hydrogens is 428 g/mol. The van der Waals surface area contributed by atoms with Crippen LogP contribution in [0.5, 0.6) is 5.75 Å². The number of likely N-dealkylation sites (N-methyl/N-ethyl adjacent to an activating group) is 1. The topological polar surface area (TPSA) is 139 Å². The van der Waals surface area contributed by atoms with E-state index in [1.807, 2.05) is 0 Å². The summed E-state index contributed by atoms with van der Waals surface area (Å²) in [7, 11) is 4.69. The lowest BCUT2D eigenvalue weighted by Gasteiger charge is -2.31. The molecular formula is C22H28N6O5. The number of methoxy groups -OCH3 is 1. The summed E-state index contributed by atoms with van der Waals surface area (Å²) in [6, 6.07) is 8.04. The van der Waals surface area contributed by atoms with Gasteiger partial charge in [-0.2, -0.15) is 0 Å². The summed E-state index contributed by atoms with van der Waals surface area (Å²) in [6.45, 7) is -0.0425. The molecule has 2 aromatic rings. The number of amides is 5. The van der Waals surface area contributed by atoms with Gasteiger partial charge >= 0.3 is 6.03 Å². The lowest BCUT2D eigenvalue weighted by Crippen LogP contribution is -2.56. The molecule has 3 rings (SSSR count). The number of rotatable bonds is 7. The number of likely N-dealkylation sites (tertiary alicyclic amines) is 1. The third-order valence-electron chi connectivity index (χ3n) is 5.49. The van der Waals surface area contributed by atoms with Gasteiger partial charge in [-0.25, -0.2) is 4.79 Å². The van der Waals surface area contributed by atoms with Crippen LogP contribution in [0.15, 0.2) is 42.6 Å². The molecule has 2 atom stereocenters. The van der Waals surface area contributed by atoms with Gasteiger partial charge in [-0.1, -0.05) is 6.07 Å². The summed E-state index contributed by atoms with van der Waals surface area (Å²) in [6.07, 6.45) is 2.10. The van der Waals surface area contributed by atoms with Crippen LogP contribution in [0.3, 0.4) is 0 Å². The highest BCUT2D eigenvalue weighted by molar-refractivity contribution is 5.98. The van der Waals surface area contributed by atoms with Crippen molar-refractivity contribution >= 4 is 29.4 Å². The minimum absolute atomic E-state index is 0.259. The number of carbonyl (C=O) groups excluding carboxylic acids is 4. The third kappa shape index (κ3) is 5.43. The predicted molar refractivity (Wildman–Crippen MR) is 121 cm³/mol. The summed E-state index contributed by atoms with van der Waals surface area (Å²) in [5, 5.41) is 5.50. The van der Waals surface area contributed by atoms with Crippen LogP contribution in [0.25, 0.3) is 0 Å². The van der Waals surface area contributed by atoms with Crippen LogP contribution < -0.4 is 21.1 Å². The van der Waals surface area contributed by atoms with E-state index in [9.17, 15) is 19.2 Å². The van der Waals surface area contributed by atoms with E-state index in [-0.39, 0.29) is 19.0 Å². The molecule has 1 fully saturated rings. The van der Waals surface area contributed by atoms with Gasteiger partial charge in [0.05, 0.1) is 19.7 Å². The van der Waals surface area contributed by atoms with Crippen LogP contribution in [0.4, 0.5) is 10.5 Å². The van der Waals surface area contributed by atoms with Crippen molar-refractivity contribution in [2.75, 3.05) is 32.6 Å². The number of nitrogens with one attached hydrogen (secondary N) is 2. The minimum atomic E-state index is -0.993. The normalized spacial score (nSPS) is 17.4. The number of hydrogen-bond donors (Lipinski definition) is 3. The Balaban J connectivity index is 1.80. The van der Waals surface area contributed by atoms with E-state index in [1.54, 1.807) is 54.2 Å². The zero-order valence-electron chi connectivity index (χ0n) is 18.8. The van der Waals surface area contributed by atoms with Gasteiger partial charge in [0.25, 0.3) is 5.91 Å². The maximum atomic E-state index is 13.2. The molecule has 1 aliphatic rings. The van der Waals surface area contributed by atoms with Crippen molar-refractivity contribution in [2.24, 2.45) is 12.8 Å². The Morgan fingerprint density at radius 3 is 2.61 bits per heavy atom. The van der Waals surface area contributed by atoms with Gasteiger partial charge in [-0.15, -0.1) is 0 Å². The molecule has 0 bridgehead atoms. The van der Waals surface area contributed by atoms with E-state index in [2.05, 4.69) is 10.6 Å². The highest BCUT2D eigenvalue weighted by Crippen LogP contribution is 2.23. The van der Waals surface area contributed by atoms with Crippen LogP contribution in [0.1, 0.15) is 16.9 Å². The maximum absolute atomic E-state index is 13.2. The number of carbonyl (C=O) groups is 4. The van der Waals surface area contributed by atoms with Crippen molar-refractivity contribution in [1.29, 1.82) is 0 Å². The fourth-order valence-corrected chi connectivity index (χ4v) is 3.88. The molecule has 0 saturated carbocycles. The molecule has 0 radical (unpaired) electrons. The van der Waals surface area contributed by atoms with Gasteiger partial charge in [-0.3, -0.25) is 14.4 Å². The molecule has 1 aromatic carbocycles. The molecule has 1 saturated heterocycles. The maximum Gasteiger partial charge on any atom is 0.319 e. The standard InChI is InChI=1S/C22H28N6O5/c1-26-10-5-8-17(26)20(30)28-11-9-16(19(28)21(31)27(2)13-18(23)29)25-22(32)24-14-6-4-7-15(12-14)33-3/h4-8,10,12,16,19H,9,11,13H2,1-3H3,(H2,23,29)(H2,24,25,32). The highest BCUT2D eigenvalue weighted by Gasteiger charge is 2.44. The molecule has 1 aliphatic heterocycles. The zero-order valence-corrected chi connectivity index (χ0v) is 18.8. The third-order valence-corrected chi connectivity index (χ3v) is 5.49. The molecule has 33 heavy (non-hydrogen) atoms. The largest absolute Gasteiger partial charge is 0.497 e. The Morgan fingerprint density at radius 2 is 1.97 bits per heavy atom. The molecule has 11 nitrogen and oxygen atoms in total. The van der Waals surface area contributed by atoms with E-state index < -0.39 is 29.9 Å². The number of anilines is 1. The number of urea groups is 1. The smallest absolute Gasteiger partial charge is 0.319 e. The van der Waals surface area contributed by atoms with Crippen LogP contribution >= 0.6 is 0 Å². The van der Waals surface area contributed by atoms with Crippen molar-refractivity contribution in [1.82, 2.24) is 19.7 Å². The summed E-state index contributed by atoms with van der Waals surface area (Å²) >= 11 is 0. The molecule has 0 spiro atoms. The molecule has 4 N–H and O–H groups in total. The number of nitrogens with zero attached hydrogens (tertiary/aromatic N) is 3. The molecule has 11 heteroatoms. The molecule has 0 aliphatic carbocycles. The summed E-state index contributed by atoms with van der Waals surface area (Å²) in [5.41, 5.74) is 6.16. The van der Waals surface area contributed by atoms with Gasteiger partial charge < -0.3 is 35.5 Å². The lowest BCUT2D eigenvalue weighted by molar-refractivity contribution is -0.137. The molecule has 2 unspecified atom stereocenters. The second-order valence-electron chi connectivity index (χ2n) is 7.83. The Labute approximate surface area is 191 Å². The second-order valence-corrected chi connectivity index (χ2v) is 7.83. The molecule has 5 amide bonds. The predicted octanol–water partition coefficient (Wildman–Crippen LogP) is 0.382. The highest BCUT2D eigenvalue weighted by atomic mass is 16.5. The van der Waals surface area contributed by atoms with Gasteiger partial charge in [0.1, 0.15) is 17.5 Å². The van der Waals surface area contributed by atoms with Crippen LogP contribution in [-0.2, 0) is 16.6 Å². The van der Waals surface area contributed by atoms with E-state index in [0.29, 0.717) is 23.6 Å². The number of aromatic nitrogens is 1. The van der Waals surface area contributed by atoms with Crippen molar-refractivity contribution in [3.05, 3.63) is 48.3 Å². The minimum Gasteiger partial charge on any atom is -0.497 e. The quantitative estimate of drug-likeness (QED) is 0.553. The zero-order chi connectivity index (χ0) is 24.1.